The Morgan fingerprint density at radius 1 is 1.36 bits per heavy atom. The minimum atomic E-state index is 0.0545. The summed E-state index contributed by atoms with van der Waals surface area (Å²) in [7, 11) is 2.01. The summed E-state index contributed by atoms with van der Waals surface area (Å²) in [5, 5.41) is 2.42. The van der Waals surface area contributed by atoms with Crippen LogP contribution in [0.3, 0.4) is 0 Å². The topological polar surface area (TPSA) is 41.4 Å². The molecular weight excluding hydrogens is 320 g/mol. The van der Waals surface area contributed by atoms with E-state index in [4.69, 9.17) is 11.6 Å². The molecule has 1 aliphatic heterocycles. The summed E-state index contributed by atoms with van der Waals surface area (Å²) in [5.74, 6) is 1.11. The highest BCUT2D eigenvalue weighted by molar-refractivity contribution is 7.12. The van der Waals surface area contributed by atoms with Crippen LogP contribution in [0.1, 0.15) is 21.9 Å². The summed E-state index contributed by atoms with van der Waals surface area (Å²) in [6, 6.07) is 1.78. The van der Waals surface area contributed by atoms with Crippen LogP contribution in [0.2, 0.25) is 5.02 Å². The summed E-state index contributed by atoms with van der Waals surface area (Å²) in [5.41, 5.74) is 0. The molecule has 3 rings (SSSR count). The number of nitrogens with zero attached hydrogens (tertiary/aromatic N) is 4. The second kappa shape index (κ2) is 6.81. The first-order chi connectivity index (χ1) is 10.6. The van der Waals surface area contributed by atoms with Crippen molar-refractivity contribution in [2.45, 2.75) is 13.0 Å². The van der Waals surface area contributed by atoms with Gasteiger partial charge in [0, 0.05) is 45.6 Å². The van der Waals surface area contributed by atoms with E-state index in [-0.39, 0.29) is 5.91 Å². The number of amides is 1. The number of halogens is 1. The molecule has 5 nitrogen and oxygen atoms in total. The molecular formula is C15H19ClN4OS. The molecule has 1 aliphatic rings. The molecule has 2 aromatic heterocycles. The summed E-state index contributed by atoms with van der Waals surface area (Å²) < 4.78 is 2.04. The third kappa shape index (κ3) is 3.34. The van der Waals surface area contributed by atoms with E-state index in [1.165, 1.54) is 11.3 Å². The number of rotatable bonds is 3. The van der Waals surface area contributed by atoms with Gasteiger partial charge in [-0.05, 0) is 17.9 Å². The molecule has 0 spiro atoms. The summed E-state index contributed by atoms with van der Waals surface area (Å²) in [6.45, 7) is 4.18. The maximum absolute atomic E-state index is 12.5. The molecule has 0 radical (unpaired) electrons. The Balaban J connectivity index is 1.61. The van der Waals surface area contributed by atoms with Gasteiger partial charge < -0.3 is 9.47 Å². The van der Waals surface area contributed by atoms with Gasteiger partial charge in [0.1, 0.15) is 10.7 Å². The van der Waals surface area contributed by atoms with E-state index in [2.05, 4.69) is 9.88 Å². The van der Waals surface area contributed by atoms with Crippen molar-refractivity contribution >= 4 is 28.8 Å². The van der Waals surface area contributed by atoms with Crippen molar-refractivity contribution in [1.29, 1.82) is 0 Å². The predicted octanol–water partition coefficient (Wildman–Crippen LogP) is 2.48. The number of aryl methyl sites for hydroxylation is 1. The smallest absolute Gasteiger partial charge is 0.265 e. The lowest BCUT2D eigenvalue weighted by molar-refractivity contribution is 0.0766. The maximum atomic E-state index is 12.5. The van der Waals surface area contributed by atoms with Crippen molar-refractivity contribution in [2.24, 2.45) is 7.05 Å². The predicted molar refractivity (Wildman–Crippen MR) is 88.3 cm³/mol. The lowest BCUT2D eigenvalue weighted by Crippen LogP contribution is -2.35. The first-order valence-electron chi connectivity index (χ1n) is 7.36. The Bertz CT molecular complexity index is 654. The first-order valence-corrected chi connectivity index (χ1v) is 8.62. The number of aromatic nitrogens is 2. The third-order valence-electron chi connectivity index (χ3n) is 3.97. The van der Waals surface area contributed by atoms with Gasteiger partial charge in [0.05, 0.1) is 11.6 Å². The fraction of sp³-hybridized carbons (Fsp3) is 0.467. The van der Waals surface area contributed by atoms with Gasteiger partial charge >= 0.3 is 0 Å². The molecule has 1 saturated heterocycles. The summed E-state index contributed by atoms with van der Waals surface area (Å²) in [6.07, 6.45) is 4.75. The Kier molecular flexibility index (Phi) is 4.81. The van der Waals surface area contributed by atoms with Gasteiger partial charge in [0.15, 0.2) is 0 Å². The lowest BCUT2D eigenvalue weighted by Gasteiger charge is -2.21. The zero-order valence-electron chi connectivity index (χ0n) is 12.5. The molecule has 1 amide bonds. The molecule has 0 saturated carbocycles. The van der Waals surface area contributed by atoms with Crippen molar-refractivity contribution in [2.75, 3.05) is 26.2 Å². The van der Waals surface area contributed by atoms with Crippen LogP contribution in [0, 0.1) is 0 Å². The van der Waals surface area contributed by atoms with Crippen LogP contribution < -0.4 is 0 Å². The number of imidazole rings is 1. The number of thiophene rings is 1. The van der Waals surface area contributed by atoms with Gasteiger partial charge in [-0.25, -0.2) is 4.98 Å². The van der Waals surface area contributed by atoms with Crippen LogP contribution in [0.5, 0.6) is 0 Å². The second-order valence-electron chi connectivity index (χ2n) is 5.47. The van der Waals surface area contributed by atoms with Crippen molar-refractivity contribution in [3.05, 3.63) is 39.6 Å². The van der Waals surface area contributed by atoms with Crippen LogP contribution >= 0.6 is 22.9 Å². The highest BCUT2D eigenvalue weighted by atomic mass is 35.5. The molecule has 118 valence electrons. The molecule has 1 fully saturated rings. The highest BCUT2D eigenvalue weighted by Crippen LogP contribution is 2.24. The molecule has 0 aromatic carbocycles. The van der Waals surface area contributed by atoms with E-state index in [1.54, 1.807) is 6.07 Å². The Morgan fingerprint density at radius 3 is 2.91 bits per heavy atom. The fourth-order valence-corrected chi connectivity index (χ4v) is 3.77. The minimum absolute atomic E-state index is 0.0545. The van der Waals surface area contributed by atoms with E-state index < -0.39 is 0 Å². The van der Waals surface area contributed by atoms with Crippen molar-refractivity contribution in [3.63, 3.8) is 0 Å². The highest BCUT2D eigenvalue weighted by Gasteiger charge is 2.23. The molecule has 0 atom stereocenters. The van der Waals surface area contributed by atoms with Crippen molar-refractivity contribution in [3.8, 4) is 0 Å². The number of hydrogen-bond donors (Lipinski definition) is 0. The third-order valence-corrected chi connectivity index (χ3v) is 5.30. The van der Waals surface area contributed by atoms with Crippen molar-refractivity contribution < 1.29 is 4.79 Å². The van der Waals surface area contributed by atoms with Gasteiger partial charge in [0.2, 0.25) is 0 Å². The van der Waals surface area contributed by atoms with Crippen LogP contribution in [0.25, 0.3) is 0 Å². The van der Waals surface area contributed by atoms with Gasteiger partial charge in [-0.2, -0.15) is 0 Å². The van der Waals surface area contributed by atoms with Gasteiger partial charge in [0.25, 0.3) is 5.91 Å². The minimum Gasteiger partial charge on any atom is -0.337 e. The Morgan fingerprint density at radius 2 is 2.23 bits per heavy atom. The van der Waals surface area contributed by atoms with Gasteiger partial charge in [-0.3, -0.25) is 9.69 Å². The van der Waals surface area contributed by atoms with Crippen LogP contribution in [0.15, 0.2) is 23.8 Å². The average Bonchev–Trinajstić information content (AvgIpc) is 3.02. The van der Waals surface area contributed by atoms with E-state index >= 15 is 0 Å². The van der Waals surface area contributed by atoms with E-state index in [0.29, 0.717) is 9.90 Å². The molecule has 0 bridgehead atoms. The van der Waals surface area contributed by atoms with Crippen LogP contribution in [-0.2, 0) is 13.6 Å². The Labute approximate surface area is 139 Å². The van der Waals surface area contributed by atoms with Gasteiger partial charge in [-0.1, -0.05) is 11.6 Å². The first kappa shape index (κ1) is 15.5. The molecule has 2 aromatic rings. The quantitative estimate of drug-likeness (QED) is 0.863. The van der Waals surface area contributed by atoms with Crippen LogP contribution in [-0.4, -0.2) is 51.4 Å². The zero-order valence-corrected chi connectivity index (χ0v) is 14.1. The van der Waals surface area contributed by atoms with E-state index in [1.807, 2.05) is 34.3 Å². The molecule has 0 unspecified atom stereocenters. The van der Waals surface area contributed by atoms with Crippen molar-refractivity contribution in [1.82, 2.24) is 19.4 Å². The molecule has 0 N–H and O–H groups in total. The van der Waals surface area contributed by atoms with E-state index in [9.17, 15) is 4.79 Å². The zero-order chi connectivity index (χ0) is 15.5. The van der Waals surface area contributed by atoms with E-state index in [0.717, 1.165) is 45.0 Å². The number of hydrogen-bond acceptors (Lipinski definition) is 4. The normalized spacial score (nSPS) is 16.7. The largest absolute Gasteiger partial charge is 0.337 e. The average molecular weight is 339 g/mol. The number of carbonyl (C=O) groups is 1. The summed E-state index contributed by atoms with van der Waals surface area (Å²) >= 11 is 7.49. The van der Waals surface area contributed by atoms with Gasteiger partial charge in [-0.15, -0.1) is 11.3 Å². The molecule has 22 heavy (non-hydrogen) atoms. The molecule has 7 heteroatoms. The fourth-order valence-electron chi connectivity index (χ4n) is 2.67. The second-order valence-corrected chi connectivity index (χ2v) is 6.80. The maximum Gasteiger partial charge on any atom is 0.265 e. The molecule has 3 heterocycles. The monoisotopic (exact) mass is 338 g/mol. The lowest BCUT2D eigenvalue weighted by atomic mass is 10.3. The van der Waals surface area contributed by atoms with Crippen LogP contribution in [0.4, 0.5) is 0 Å². The summed E-state index contributed by atoms with van der Waals surface area (Å²) in [4.78, 5) is 21.8. The number of carbonyl (C=O) groups excluding carboxylic acids is 1. The Hall–Kier alpha value is -1.37. The molecule has 0 aliphatic carbocycles. The standard InChI is InChI=1S/C15H19ClN4OS/c1-18-7-4-17-13(18)11-19-5-2-6-20(9-8-19)15(21)14-12(16)3-10-22-14/h3-4,7,10H,2,5-6,8-9,11H2,1H3. The SMILES string of the molecule is Cn1ccnc1CN1CCCN(C(=O)c2sccc2Cl)CC1.